The van der Waals surface area contributed by atoms with Crippen molar-refractivity contribution in [1.82, 2.24) is 14.9 Å². The highest BCUT2D eigenvalue weighted by Gasteiger charge is 2.20. The average molecular weight is 283 g/mol. The van der Waals surface area contributed by atoms with Gasteiger partial charge in [0.25, 0.3) is 0 Å². The van der Waals surface area contributed by atoms with Gasteiger partial charge < -0.3 is 9.88 Å². The topological polar surface area (TPSA) is 29.9 Å². The highest BCUT2D eigenvalue weighted by molar-refractivity contribution is 5.35. The second kappa shape index (κ2) is 6.44. The van der Waals surface area contributed by atoms with Crippen LogP contribution in [0.5, 0.6) is 0 Å². The molecule has 1 aromatic carbocycles. The lowest BCUT2D eigenvalue weighted by Gasteiger charge is -2.30. The third-order valence-corrected chi connectivity index (χ3v) is 4.62. The number of aromatic nitrogens is 2. The van der Waals surface area contributed by atoms with Crippen molar-refractivity contribution < 1.29 is 0 Å². The Hall–Kier alpha value is -1.61. The zero-order valence-electron chi connectivity index (χ0n) is 13.0. The fourth-order valence-corrected chi connectivity index (χ4v) is 3.38. The first kappa shape index (κ1) is 14.3. The number of rotatable bonds is 4. The normalized spacial score (nSPS) is 23.9. The summed E-state index contributed by atoms with van der Waals surface area (Å²) in [6.45, 7) is 4.64. The van der Waals surface area contributed by atoms with Gasteiger partial charge in [0, 0.05) is 30.2 Å². The van der Waals surface area contributed by atoms with Crippen LogP contribution in [0.4, 0.5) is 0 Å². The minimum atomic E-state index is 0.414. The molecule has 112 valence electrons. The molecule has 0 bridgehead atoms. The summed E-state index contributed by atoms with van der Waals surface area (Å²) >= 11 is 0. The van der Waals surface area contributed by atoms with Gasteiger partial charge in [0.05, 0.1) is 6.33 Å². The minimum Gasteiger partial charge on any atom is -0.307 e. The minimum absolute atomic E-state index is 0.414. The predicted molar refractivity (Wildman–Crippen MR) is 86.5 cm³/mol. The third kappa shape index (κ3) is 3.53. The number of nitrogens with zero attached hydrogens (tertiary/aromatic N) is 2. The molecule has 3 rings (SSSR count). The van der Waals surface area contributed by atoms with Gasteiger partial charge in [0.2, 0.25) is 0 Å². The maximum absolute atomic E-state index is 4.09. The first-order valence-electron chi connectivity index (χ1n) is 8.06. The zero-order chi connectivity index (χ0) is 14.7. The molecule has 1 fully saturated rings. The number of benzene rings is 1. The standard InChI is InChI=1S/C18H25N3/c1-14-4-3-5-17(12-14)20-15(2)16-6-8-18(9-7-16)21-11-10-19-13-21/h6-11,13-15,17,20H,3-5,12H2,1-2H3. The highest BCUT2D eigenvalue weighted by atomic mass is 15.0. The van der Waals surface area contributed by atoms with Crippen LogP contribution < -0.4 is 5.32 Å². The van der Waals surface area contributed by atoms with Crippen molar-refractivity contribution in [2.45, 2.75) is 51.6 Å². The third-order valence-electron chi connectivity index (χ3n) is 4.62. The molecule has 3 unspecified atom stereocenters. The lowest BCUT2D eigenvalue weighted by Crippen LogP contribution is -2.35. The molecule has 21 heavy (non-hydrogen) atoms. The summed E-state index contributed by atoms with van der Waals surface area (Å²) in [7, 11) is 0. The van der Waals surface area contributed by atoms with Gasteiger partial charge in [0.15, 0.2) is 0 Å². The molecule has 3 nitrogen and oxygen atoms in total. The Kier molecular flexibility index (Phi) is 4.39. The Morgan fingerprint density at radius 1 is 1.24 bits per heavy atom. The number of hydrogen-bond acceptors (Lipinski definition) is 2. The lowest BCUT2D eigenvalue weighted by molar-refractivity contribution is 0.285. The van der Waals surface area contributed by atoms with Crippen LogP contribution in [-0.2, 0) is 0 Å². The summed E-state index contributed by atoms with van der Waals surface area (Å²) in [6.07, 6.45) is 11.0. The molecule has 3 heteroatoms. The molecule has 1 aromatic heterocycles. The molecule has 1 aliphatic rings. The van der Waals surface area contributed by atoms with Crippen LogP contribution in [0, 0.1) is 5.92 Å². The van der Waals surface area contributed by atoms with Gasteiger partial charge in [-0.2, -0.15) is 0 Å². The van der Waals surface area contributed by atoms with Crippen molar-refractivity contribution in [3.63, 3.8) is 0 Å². The van der Waals surface area contributed by atoms with Crippen molar-refractivity contribution in [1.29, 1.82) is 0 Å². The van der Waals surface area contributed by atoms with Gasteiger partial charge in [-0.25, -0.2) is 4.98 Å². The van der Waals surface area contributed by atoms with E-state index in [2.05, 4.69) is 48.4 Å². The zero-order valence-corrected chi connectivity index (χ0v) is 13.0. The Morgan fingerprint density at radius 2 is 2.05 bits per heavy atom. The lowest BCUT2D eigenvalue weighted by atomic mass is 9.86. The van der Waals surface area contributed by atoms with Gasteiger partial charge in [-0.05, 0) is 43.4 Å². The maximum Gasteiger partial charge on any atom is 0.0991 e. The molecule has 1 saturated carbocycles. The first-order chi connectivity index (χ1) is 10.2. The fourth-order valence-electron chi connectivity index (χ4n) is 3.38. The summed E-state index contributed by atoms with van der Waals surface area (Å²) in [5, 5.41) is 3.80. The summed E-state index contributed by atoms with van der Waals surface area (Å²) in [6, 6.07) is 9.87. The van der Waals surface area contributed by atoms with Gasteiger partial charge in [-0.15, -0.1) is 0 Å². The summed E-state index contributed by atoms with van der Waals surface area (Å²) in [5.41, 5.74) is 2.52. The second-order valence-corrected chi connectivity index (χ2v) is 6.42. The van der Waals surface area contributed by atoms with Gasteiger partial charge in [-0.1, -0.05) is 31.9 Å². The van der Waals surface area contributed by atoms with Crippen molar-refractivity contribution in [3.8, 4) is 5.69 Å². The summed E-state index contributed by atoms with van der Waals surface area (Å²) in [5.74, 6) is 0.868. The van der Waals surface area contributed by atoms with Crippen molar-refractivity contribution >= 4 is 0 Å². The van der Waals surface area contributed by atoms with Crippen LogP contribution >= 0.6 is 0 Å². The van der Waals surface area contributed by atoms with Crippen molar-refractivity contribution in [2.75, 3.05) is 0 Å². The van der Waals surface area contributed by atoms with Crippen LogP contribution in [0.3, 0.4) is 0 Å². The number of imidazole rings is 1. The first-order valence-corrected chi connectivity index (χ1v) is 8.06. The highest BCUT2D eigenvalue weighted by Crippen LogP contribution is 2.26. The van der Waals surface area contributed by atoms with Crippen LogP contribution in [0.15, 0.2) is 43.0 Å². The molecular weight excluding hydrogens is 258 g/mol. The van der Waals surface area contributed by atoms with E-state index in [0.717, 1.165) is 11.6 Å². The van der Waals surface area contributed by atoms with E-state index in [-0.39, 0.29) is 0 Å². The summed E-state index contributed by atoms with van der Waals surface area (Å²) < 4.78 is 2.03. The Bertz CT molecular complexity index is 544. The van der Waals surface area contributed by atoms with E-state index in [0.29, 0.717) is 12.1 Å². The van der Waals surface area contributed by atoms with Crippen LogP contribution in [0.1, 0.15) is 51.1 Å². The average Bonchev–Trinajstić information content (AvgIpc) is 3.01. The van der Waals surface area contributed by atoms with E-state index in [1.54, 1.807) is 0 Å². The van der Waals surface area contributed by atoms with Gasteiger partial charge >= 0.3 is 0 Å². The van der Waals surface area contributed by atoms with E-state index in [1.165, 1.54) is 31.2 Å². The van der Waals surface area contributed by atoms with Crippen LogP contribution in [-0.4, -0.2) is 15.6 Å². The van der Waals surface area contributed by atoms with Crippen molar-refractivity contribution in [2.24, 2.45) is 5.92 Å². The van der Waals surface area contributed by atoms with Crippen LogP contribution in [0.2, 0.25) is 0 Å². The molecular formula is C18H25N3. The van der Waals surface area contributed by atoms with Gasteiger partial charge in [0.1, 0.15) is 0 Å². The van der Waals surface area contributed by atoms with Gasteiger partial charge in [-0.3, -0.25) is 0 Å². The van der Waals surface area contributed by atoms with E-state index in [9.17, 15) is 0 Å². The molecule has 0 radical (unpaired) electrons. The molecule has 1 N–H and O–H groups in total. The molecule has 0 spiro atoms. The van der Waals surface area contributed by atoms with E-state index in [4.69, 9.17) is 0 Å². The molecule has 1 aliphatic carbocycles. The fraction of sp³-hybridized carbons (Fsp3) is 0.500. The monoisotopic (exact) mass is 283 g/mol. The van der Waals surface area contributed by atoms with Crippen LogP contribution in [0.25, 0.3) is 5.69 Å². The van der Waals surface area contributed by atoms with E-state index < -0.39 is 0 Å². The van der Waals surface area contributed by atoms with E-state index in [1.807, 2.05) is 23.3 Å². The molecule has 0 aliphatic heterocycles. The molecule has 0 saturated heterocycles. The largest absolute Gasteiger partial charge is 0.307 e. The molecule has 3 atom stereocenters. The Balaban J connectivity index is 1.63. The second-order valence-electron chi connectivity index (χ2n) is 6.42. The number of nitrogens with one attached hydrogen (secondary N) is 1. The SMILES string of the molecule is CC1CCCC(NC(C)c2ccc(-n3ccnc3)cc2)C1. The smallest absolute Gasteiger partial charge is 0.0991 e. The van der Waals surface area contributed by atoms with E-state index >= 15 is 0 Å². The number of hydrogen-bond donors (Lipinski definition) is 1. The Labute approximate surface area is 127 Å². The Morgan fingerprint density at radius 3 is 2.71 bits per heavy atom. The summed E-state index contributed by atoms with van der Waals surface area (Å²) in [4.78, 5) is 4.09. The molecule has 0 amide bonds. The predicted octanol–water partition coefficient (Wildman–Crippen LogP) is 4.10. The maximum atomic E-state index is 4.09. The molecule has 1 heterocycles. The quantitative estimate of drug-likeness (QED) is 0.915. The molecule has 2 aromatic rings. The van der Waals surface area contributed by atoms with Crippen molar-refractivity contribution in [3.05, 3.63) is 48.5 Å².